The van der Waals surface area contributed by atoms with Crippen molar-refractivity contribution in [3.05, 3.63) is 24.0 Å². The van der Waals surface area contributed by atoms with Crippen LogP contribution in [0.25, 0.3) is 0 Å². The minimum atomic E-state index is 0. The van der Waals surface area contributed by atoms with Crippen molar-refractivity contribution in [2.45, 2.75) is 44.8 Å². The van der Waals surface area contributed by atoms with E-state index in [1.165, 1.54) is 51.0 Å². The van der Waals surface area contributed by atoms with E-state index in [4.69, 9.17) is 0 Å². The summed E-state index contributed by atoms with van der Waals surface area (Å²) in [7, 11) is 0. The van der Waals surface area contributed by atoms with Crippen LogP contribution in [-0.2, 0) is 13.1 Å². The highest BCUT2D eigenvalue weighted by Crippen LogP contribution is 2.15. The third-order valence-electron chi connectivity index (χ3n) is 4.09. The molecule has 2 saturated heterocycles. The normalized spacial score (nSPS) is 24.3. The maximum Gasteiger partial charge on any atom is 0.0387 e. The zero-order valence-corrected chi connectivity index (χ0v) is 11.8. The van der Waals surface area contributed by atoms with Crippen molar-refractivity contribution in [3.8, 4) is 0 Å². The summed E-state index contributed by atoms with van der Waals surface area (Å²) in [4.78, 5) is 2.58. The summed E-state index contributed by atoms with van der Waals surface area (Å²) in [5.41, 5.74) is 1.49. The molecule has 3 rings (SSSR count). The summed E-state index contributed by atoms with van der Waals surface area (Å²) >= 11 is 0. The molecular formula is C14H24ClN3. The second-order valence-electron chi connectivity index (χ2n) is 5.43. The molecule has 1 unspecified atom stereocenters. The largest absolute Gasteiger partial charge is 0.349 e. The van der Waals surface area contributed by atoms with Crippen LogP contribution in [0.3, 0.4) is 0 Å². The average molecular weight is 270 g/mol. The summed E-state index contributed by atoms with van der Waals surface area (Å²) in [5, 5.41) is 3.58. The van der Waals surface area contributed by atoms with Crippen molar-refractivity contribution in [1.82, 2.24) is 14.8 Å². The Hall–Kier alpha value is -0.510. The fourth-order valence-electron chi connectivity index (χ4n) is 3.09. The van der Waals surface area contributed by atoms with E-state index in [1.807, 2.05) is 0 Å². The first kappa shape index (κ1) is 13.9. The molecule has 2 aliphatic heterocycles. The van der Waals surface area contributed by atoms with Gasteiger partial charge in [-0.3, -0.25) is 4.90 Å². The molecule has 1 N–H and O–H groups in total. The molecule has 2 fully saturated rings. The molecule has 4 heteroatoms. The van der Waals surface area contributed by atoms with E-state index in [-0.39, 0.29) is 12.4 Å². The van der Waals surface area contributed by atoms with Crippen LogP contribution in [0.4, 0.5) is 0 Å². The zero-order chi connectivity index (χ0) is 11.5. The Balaban J connectivity index is 0.00000120. The lowest BCUT2D eigenvalue weighted by atomic mass is 10.2. The maximum atomic E-state index is 3.58. The van der Waals surface area contributed by atoms with E-state index in [2.05, 4.69) is 33.1 Å². The molecule has 0 aliphatic carbocycles. The number of likely N-dealkylation sites (tertiary alicyclic amines) is 1. The van der Waals surface area contributed by atoms with E-state index >= 15 is 0 Å². The number of hydrogen-bond acceptors (Lipinski definition) is 2. The molecule has 3 nitrogen and oxygen atoms in total. The van der Waals surface area contributed by atoms with Gasteiger partial charge in [-0.1, -0.05) is 0 Å². The van der Waals surface area contributed by atoms with Gasteiger partial charge in [-0.2, -0.15) is 0 Å². The highest BCUT2D eigenvalue weighted by Gasteiger charge is 2.17. The summed E-state index contributed by atoms with van der Waals surface area (Å²) < 4.78 is 2.45. The fraction of sp³-hybridized carbons (Fsp3) is 0.714. The van der Waals surface area contributed by atoms with Gasteiger partial charge < -0.3 is 9.88 Å². The van der Waals surface area contributed by atoms with Gasteiger partial charge >= 0.3 is 0 Å². The van der Waals surface area contributed by atoms with Crippen LogP contribution < -0.4 is 5.32 Å². The molecule has 102 valence electrons. The van der Waals surface area contributed by atoms with Crippen LogP contribution in [0.15, 0.2) is 18.3 Å². The van der Waals surface area contributed by atoms with E-state index < -0.39 is 0 Å². The Labute approximate surface area is 116 Å². The quantitative estimate of drug-likeness (QED) is 0.905. The van der Waals surface area contributed by atoms with Gasteiger partial charge in [0.25, 0.3) is 0 Å². The van der Waals surface area contributed by atoms with Crippen LogP contribution in [0.5, 0.6) is 0 Å². The second-order valence-corrected chi connectivity index (χ2v) is 5.43. The first-order valence-electron chi connectivity index (χ1n) is 7.01. The Bertz CT molecular complexity index is 319. The average Bonchev–Trinajstić information content (AvgIpc) is 3.04. The second kappa shape index (κ2) is 6.60. The van der Waals surface area contributed by atoms with Crippen LogP contribution >= 0.6 is 12.4 Å². The molecular weight excluding hydrogens is 246 g/mol. The third-order valence-corrected chi connectivity index (χ3v) is 4.09. The lowest BCUT2D eigenvalue weighted by Crippen LogP contribution is -2.28. The van der Waals surface area contributed by atoms with E-state index in [0.717, 1.165) is 13.1 Å². The van der Waals surface area contributed by atoms with Crippen LogP contribution in [0, 0.1) is 0 Å². The first-order chi connectivity index (χ1) is 8.42. The number of nitrogens with zero attached hydrogens (tertiary/aromatic N) is 2. The summed E-state index contributed by atoms with van der Waals surface area (Å²) in [6.45, 7) is 6.06. The number of nitrogens with one attached hydrogen (secondary N) is 1. The summed E-state index contributed by atoms with van der Waals surface area (Å²) in [6, 6.07) is 5.17. The van der Waals surface area contributed by atoms with Gasteiger partial charge in [0.2, 0.25) is 0 Å². The number of halogens is 1. The Morgan fingerprint density at radius 2 is 2.06 bits per heavy atom. The lowest BCUT2D eigenvalue weighted by molar-refractivity contribution is 0.318. The van der Waals surface area contributed by atoms with Crippen molar-refractivity contribution < 1.29 is 0 Å². The Kier molecular flexibility index (Phi) is 5.10. The van der Waals surface area contributed by atoms with Crippen molar-refractivity contribution >= 4 is 12.4 Å². The molecule has 0 aromatic carbocycles. The van der Waals surface area contributed by atoms with Crippen molar-refractivity contribution in [1.29, 1.82) is 0 Å². The van der Waals surface area contributed by atoms with Gasteiger partial charge in [0.05, 0.1) is 0 Å². The molecule has 0 radical (unpaired) electrons. The Morgan fingerprint density at radius 1 is 1.22 bits per heavy atom. The smallest absolute Gasteiger partial charge is 0.0387 e. The number of hydrogen-bond donors (Lipinski definition) is 1. The first-order valence-corrected chi connectivity index (χ1v) is 7.01. The van der Waals surface area contributed by atoms with Gasteiger partial charge in [0.1, 0.15) is 0 Å². The summed E-state index contributed by atoms with van der Waals surface area (Å²) in [5.74, 6) is 0. The molecule has 2 aliphatic rings. The fourth-order valence-corrected chi connectivity index (χ4v) is 3.09. The molecule has 3 heterocycles. The standard InChI is InChI=1S/C14H23N3.ClH/c1-2-9-16(8-1)12-14-6-4-10-17(14)11-13-5-3-7-15-13;/h4,6,10,13,15H,1-3,5,7-9,11-12H2;1H. The number of rotatable bonds is 4. The van der Waals surface area contributed by atoms with E-state index in [9.17, 15) is 0 Å². The van der Waals surface area contributed by atoms with Crippen LogP contribution in [0.1, 0.15) is 31.4 Å². The van der Waals surface area contributed by atoms with Gasteiger partial charge in [0.15, 0.2) is 0 Å². The SMILES string of the molecule is Cl.c1cc(CN2CCCC2)n(CC2CCCN2)c1. The molecule has 1 atom stereocenters. The van der Waals surface area contributed by atoms with Crippen LogP contribution in [-0.4, -0.2) is 35.1 Å². The highest BCUT2D eigenvalue weighted by molar-refractivity contribution is 5.85. The maximum absolute atomic E-state index is 3.58. The van der Waals surface area contributed by atoms with Gasteiger partial charge in [-0.15, -0.1) is 12.4 Å². The van der Waals surface area contributed by atoms with E-state index in [1.54, 1.807) is 0 Å². The van der Waals surface area contributed by atoms with Crippen molar-refractivity contribution in [3.63, 3.8) is 0 Å². The predicted molar refractivity (Wildman–Crippen MR) is 77.2 cm³/mol. The van der Waals surface area contributed by atoms with Crippen molar-refractivity contribution in [2.24, 2.45) is 0 Å². The summed E-state index contributed by atoms with van der Waals surface area (Å²) in [6.07, 6.45) is 7.68. The minimum absolute atomic E-state index is 0. The van der Waals surface area contributed by atoms with E-state index in [0.29, 0.717) is 6.04 Å². The van der Waals surface area contributed by atoms with Gasteiger partial charge in [-0.05, 0) is 57.5 Å². The predicted octanol–water partition coefficient (Wildman–Crippen LogP) is 2.26. The molecule has 1 aromatic heterocycles. The number of aromatic nitrogens is 1. The van der Waals surface area contributed by atoms with Gasteiger partial charge in [-0.25, -0.2) is 0 Å². The molecule has 0 saturated carbocycles. The molecule has 1 aromatic rings. The zero-order valence-electron chi connectivity index (χ0n) is 11.0. The Morgan fingerprint density at radius 3 is 2.78 bits per heavy atom. The monoisotopic (exact) mass is 269 g/mol. The van der Waals surface area contributed by atoms with Crippen LogP contribution in [0.2, 0.25) is 0 Å². The molecule has 0 bridgehead atoms. The van der Waals surface area contributed by atoms with Crippen molar-refractivity contribution in [2.75, 3.05) is 19.6 Å². The molecule has 18 heavy (non-hydrogen) atoms. The van der Waals surface area contributed by atoms with Gasteiger partial charge in [0, 0.05) is 31.0 Å². The molecule has 0 amide bonds. The molecule has 0 spiro atoms. The minimum Gasteiger partial charge on any atom is -0.349 e. The highest BCUT2D eigenvalue weighted by atomic mass is 35.5. The lowest BCUT2D eigenvalue weighted by Gasteiger charge is -2.19. The topological polar surface area (TPSA) is 20.2 Å². The third kappa shape index (κ3) is 3.28.